The van der Waals surface area contributed by atoms with Gasteiger partial charge in [0.05, 0.1) is 12.8 Å². The van der Waals surface area contributed by atoms with Crippen LogP contribution in [0.25, 0.3) is 5.70 Å². The summed E-state index contributed by atoms with van der Waals surface area (Å²) in [7, 11) is 3.09. The summed E-state index contributed by atoms with van der Waals surface area (Å²) in [6, 6.07) is 3.73. The molecule has 0 spiro atoms. The predicted molar refractivity (Wildman–Crippen MR) is 74.0 cm³/mol. The first-order chi connectivity index (χ1) is 9.22. The van der Waals surface area contributed by atoms with Crippen LogP contribution in [-0.2, 0) is 0 Å². The largest absolute Gasteiger partial charge is 0.493 e. The Morgan fingerprint density at radius 3 is 2.63 bits per heavy atom. The van der Waals surface area contributed by atoms with Crippen molar-refractivity contribution >= 4 is 5.70 Å². The van der Waals surface area contributed by atoms with Gasteiger partial charge in [-0.1, -0.05) is 18.6 Å². The first kappa shape index (κ1) is 13.7. The van der Waals surface area contributed by atoms with Crippen LogP contribution in [0.4, 0.5) is 4.39 Å². The number of hydrogen-bond acceptors (Lipinski definition) is 3. The summed E-state index contributed by atoms with van der Waals surface area (Å²) in [6.07, 6.45) is 5.18. The van der Waals surface area contributed by atoms with Crippen molar-refractivity contribution in [3.63, 3.8) is 0 Å². The Morgan fingerprint density at radius 2 is 2.16 bits per heavy atom. The first-order valence-electron chi connectivity index (χ1n) is 6.55. The third-order valence-electron chi connectivity index (χ3n) is 3.63. The van der Waals surface area contributed by atoms with Gasteiger partial charge in [-0.3, -0.25) is 0 Å². The molecule has 1 aliphatic carbocycles. The zero-order valence-corrected chi connectivity index (χ0v) is 11.6. The van der Waals surface area contributed by atoms with Crippen molar-refractivity contribution < 1.29 is 9.13 Å². The van der Waals surface area contributed by atoms with Crippen LogP contribution >= 0.6 is 0 Å². The lowest BCUT2D eigenvalue weighted by atomic mass is 9.79. The molecule has 1 fully saturated rings. The molecule has 1 saturated carbocycles. The number of benzene rings is 1. The molecular formula is C15H19FN2O. The van der Waals surface area contributed by atoms with Crippen molar-refractivity contribution in [2.75, 3.05) is 14.2 Å². The van der Waals surface area contributed by atoms with E-state index in [4.69, 9.17) is 4.74 Å². The molecule has 4 heteroatoms. The van der Waals surface area contributed by atoms with Crippen LogP contribution in [0.1, 0.15) is 43.2 Å². The first-order valence-corrected chi connectivity index (χ1v) is 6.55. The zero-order valence-electron chi connectivity index (χ0n) is 11.6. The summed E-state index contributed by atoms with van der Waals surface area (Å²) in [6.45, 7) is 1.82. The highest BCUT2D eigenvalue weighted by Crippen LogP contribution is 2.43. The van der Waals surface area contributed by atoms with E-state index in [-0.39, 0.29) is 5.82 Å². The summed E-state index contributed by atoms with van der Waals surface area (Å²) >= 11 is 0. The van der Waals surface area contributed by atoms with E-state index in [1.165, 1.54) is 13.5 Å². The minimum atomic E-state index is -0.340. The normalized spacial score (nSPS) is 16.7. The number of methoxy groups -OCH3 is 1. The van der Waals surface area contributed by atoms with Crippen molar-refractivity contribution in [1.82, 2.24) is 0 Å². The van der Waals surface area contributed by atoms with E-state index in [9.17, 15) is 4.39 Å². The number of halogens is 1. The van der Waals surface area contributed by atoms with Crippen molar-refractivity contribution in [2.24, 2.45) is 10.2 Å². The fraction of sp³-hybridized carbons (Fsp3) is 0.467. The molecule has 0 bridgehead atoms. The van der Waals surface area contributed by atoms with Gasteiger partial charge >= 0.3 is 0 Å². The van der Waals surface area contributed by atoms with Crippen LogP contribution in [0, 0.1) is 5.82 Å². The molecule has 0 saturated heterocycles. The van der Waals surface area contributed by atoms with Gasteiger partial charge in [0.2, 0.25) is 0 Å². The van der Waals surface area contributed by atoms with Gasteiger partial charge in [0.1, 0.15) is 0 Å². The second kappa shape index (κ2) is 5.95. The Balaban J connectivity index is 2.47. The fourth-order valence-electron chi connectivity index (χ4n) is 2.39. The minimum Gasteiger partial charge on any atom is -0.493 e. The molecule has 0 atom stereocenters. The molecule has 0 N–H and O–H groups in total. The van der Waals surface area contributed by atoms with E-state index in [1.54, 1.807) is 19.2 Å². The molecule has 1 aromatic carbocycles. The second-order valence-corrected chi connectivity index (χ2v) is 4.65. The van der Waals surface area contributed by atoms with Crippen LogP contribution in [-0.4, -0.2) is 14.2 Å². The Kier molecular flexibility index (Phi) is 4.30. The number of rotatable bonds is 4. The third kappa shape index (κ3) is 2.53. The van der Waals surface area contributed by atoms with Gasteiger partial charge in [0.25, 0.3) is 0 Å². The smallest absolute Gasteiger partial charge is 0.174 e. The number of azo groups is 1. The summed E-state index contributed by atoms with van der Waals surface area (Å²) in [4.78, 5) is 0. The molecule has 0 amide bonds. The molecule has 1 aromatic rings. The molecule has 102 valence electrons. The van der Waals surface area contributed by atoms with Crippen LogP contribution < -0.4 is 4.74 Å². The average Bonchev–Trinajstić information content (AvgIpc) is 2.35. The van der Waals surface area contributed by atoms with E-state index in [2.05, 4.69) is 10.2 Å². The lowest BCUT2D eigenvalue weighted by Gasteiger charge is -2.27. The van der Waals surface area contributed by atoms with Gasteiger partial charge in [0.15, 0.2) is 11.6 Å². The van der Waals surface area contributed by atoms with Crippen LogP contribution in [0.5, 0.6) is 5.75 Å². The molecule has 2 rings (SSSR count). The van der Waals surface area contributed by atoms with Gasteiger partial charge in [-0.25, -0.2) is 4.39 Å². The van der Waals surface area contributed by atoms with E-state index < -0.39 is 0 Å². The highest BCUT2D eigenvalue weighted by atomic mass is 19.1. The lowest BCUT2D eigenvalue weighted by molar-refractivity contribution is 0.354. The lowest BCUT2D eigenvalue weighted by Crippen LogP contribution is -2.11. The van der Waals surface area contributed by atoms with E-state index >= 15 is 0 Å². The number of allylic oxidation sites excluding steroid dienone is 1. The molecule has 0 aromatic heterocycles. The standard InChI is InChI=1S/C15H19FN2O/c1-4-13(18-17-2)12-9-8-11(10-6-5-7-10)15(19-3)14(12)16/h4,8-10H,5-7H2,1-3H3/b13-4-,18-17-. The van der Waals surface area contributed by atoms with Gasteiger partial charge < -0.3 is 4.74 Å². The molecule has 0 aliphatic heterocycles. The van der Waals surface area contributed by atoms with Crippen LogP contribution in [0.15, 0.2) is 28.4 Å². The Hall–Kier alpha value is -1.71. The fourth-order valence-corrected chi connectivity index (χ4v) is 2.39. The summed E-state index contributed by atoms with van der Waals surface area (Å²) in [5.41, 5.74) is 1.94. The minimum absolute atomic E-state index is 0.340. The predicted octanol–water partition coefficient (Wildman–Crippen LogP) is 4.54. The topological polar surface area (TPSA) is 34.0 Å². The van der Waals surface area contributed by atoms with Gasteiger partial charge in [0, 0.05) is 18.2 Å². The number of hydrogen-bond donors (Lipinski definition) is 0. The highest BCUT2D eigenvalue weighted by Gasteiger charge is 2.26. The molecule has 0 unspecified atom stereocenters. The average molecular weight is 262 g/mol. The quantitative estimate of drug-likeness (QED) is 0.733. The van der Waals surface area contributed by atoms with E-state index in [0.29, 0.717) is 22.9 Å². The number of nitrogens with zero attached hydrogens (tertiary/aromatic N) is 2. The third-order valence-corrected chi connectivity index (χ3v) is 3.63. The molecule has 3 nitrogen and oxygen atoms in total. The Morgan fingerprint density at radius 1 is 1.42 bits per heavy atom. The van der Waals surface area contributed by atoms with Crippen molar-refractivity contribution in [1.29, 1.82) is 0 Å². The monoisotopic (exact) mass is 262 g/mol. The van der Waals surface area contributed by atoms with Gasteiger partial charge in [-0.15, -0.1) is 0 Å². The molecule has 1 aliphatic rings. The zero-order chi connectivity index (χ0) is 13.8. The molecular weight excluding hydrogens is 243 g/mol. The maximum Gasteiger partial charge on any atom is 0.174 e. The Labute approximate surface area is 113 Å². The van der Waals surface area contributed by atoms with E-state index in [1.807, 2.05) is 13.0 Å². The molecule has 0 radical (unpaired) electrons. The summed E-state index contributed by atoms with van der Waals surface area (Å²) in [5.74, 6) is 0.445. The van der Waals surface area contributed by atoms with Crippen molar-refractivity contribution in [3.8, 4) is 5.75 Å². The second-order valence-electron chi connectivity index (χ2n) is 4.65. The van der Waals surface area contributed by atoms with Crippen molar-refractivity contribution in [2.45, 2.75) is 32.1 Å². The van der Waals surface area contributed by atoms with Gasteiger partial charge in [-0.05, 0) is 31.7 Å². The van der Waals surface area contributed by atoms with E-state index in [0.717, 1.165) is 18.4 Å². The SMILES string of the molecule is C/C=C(\N=N/C)c1ccc(C2CCC2)c(OC)c1F. The number of ether oxygens (including phenoxy) is 1. The summed E-state index contributed by atoms with van der Waals surface area (Å²) < 4.78 is 19.8. The maximum absolute atomic E-state index is 14.5. The summed E-state index contributed by atoms with van der Waals surface area (Å²) in [5, 5.41) is 7.66. The van der Waals surface area contributed by atoms with Crippen molar-refractivity contribution in [3.05, 3.63) is 35.2 Å². The maximum atomic E-state index is 14.5. The van der Waals surface area contributed by atoms with Crippen LogP contribution in [0.2, 0.25) is 0 Å². The Bertz CT molecular complexity index is 519. The van der Waals surface area contributed by atoms with Crippen LogP contribution in [0.3, 0.4) is 0 Å². The van der Waals surface area contributed by atoms with Gasteiger partial charge in [-0.2, -0.15) is 10.2 Å². The molecule has 0 heterocycles. The molecule has 19 heavy (non-hydrogen) atoms. The highest BCUT2D eigenvalue weighted by molar-refractivity contribution is 5.67.